The molecule has 0 saturated carbocycles. The fraction of sp³-hybridized carbons (Fsp3) is 0.800. The molecule has 2 amide bonds. The Morgan fingerprint density at radius 2 is 0.719 bits per heavy atom. The molecular weight excluding hydrogens is 844 g/mol. The van der Waals surface area contributed by atoms with Crippen LogP contribution in [0, 0.1) is 0 Å². The number of methoxy groups -OCH3 is 1. The average molecular weight is 917 g/mol. The maximum Gasteiger partial charge on any atom is 0.319 e. The third-order valence-electron chi connectivity index (χ3n) is 11.1. The molecule has 0 aromatic heterocycles. The number of carboxylic acid groups (broad SMARTS) is 5. The van der Waals surface area contributed by atoms with E-state index in [1.165, 1.54) is 7.11 Å². The first-order chi connectivity index (χ1) is 30.4. The molecule has 366 valence electrons. The number of aliphatic carboxylic acids is 5. The van der Waals surface area contributed by atoms with Gasteiger partial charge in [-0.25, -0.2) is 0 Å². The zero-order valence-corrected chi connectivity index (χ0v) is 37.6. The smallest absolute Gasteiger partial charge is 0.319 e. The summed E-state index contributed by atoms with van der Waals surface area (Å²) in [6.45, 7) is 6.18. The Kier molecular flexibility index (Phi) is 27.2. The first-order valence-corrected chi connectivity index (χ1v) is 21.9. The maximum atomic E-state index is 13.3. The highest BCUT2D eigenvalue weighted by Gasteiger charge is 2.24. The quantitative estimate of drug-likeness (QED) is 0.0382. The molecule has 0 spiro atoms. The van der Waals surface area contributed by atoms with Crippen molar-refractivity contribution in [2.75, 3.05) is 171 Å². The minimum absolute atomic E-state index is 0.00764. The molecule has 0 radical (unpaired) electrons. The van der Waals surface area contributed by atoms with E-state index in [4.69, 9.17) is 4.74 Å². The number of carboxylic acids is 5. The van der Waals surface area contributed by atoms with Crippen LogP contribution in [0.4, 0.5) is 0 Å². The molecule has 0 bridgehead atoms. The van der Waals surface area contributed by atoms with Gasteiger partial charge in [-0.15, -0.1) is 0 Å². The van der Waals surface area contributed by atoms with Gasteiger partial charge in [-0.3, -0.25) is 77.6 Å². The van der Waals surface area contributed by atoms with E-state index in [0.29, 0.717) is 111 Å². The normalized spacial score (nSPS) is 19.2. The fourth-order valence-corrected chi connectivity index (χ4v) is 7.48. The molecule has 1 atom stereocenters. The number of nitrogens with zero attached hydrogens (tertiary/aromatic N) is 8. The highest BCUT2D eigenvalue weighted by Crippen LogP contribution is 2.07. The van der Waals surface area contributed by atoms with Crippen LogP contribution in [0.25, 0.3) is 0 Å². The SMILES string of the molecule is CCC(CCCCNC(=O)CN1CCN(CC(=O)O)CCN(CC(=O)O)CCN(CC(=O)OC)CC1)NC(=O)CN1CCN(CC(=O)O)CCN(CC(=O)O)CCN(CC(=O)O)CC1. The Morgan fingerprint density at radius 3 is 1.00 bits per heavy atom. The van der Waals surface area contributed by atoms with Gasteiger partial charge < -0.3 is 40.9 Å². The van der Waals surface area contributed by atoms with Gasteiger partial charge in [-0.2, -0.15) is 0 Å². The van der Waals surface area contributed by atoms with E-state index in [1.807, 2.05) is 21.6 Å². The lowest BCUT2D eigenvalue weighted by Crippen LogP contribution is -2.50. The minimum Gasteiger partial charge on any atom is -0.480 e. The van der Waals surface area contributed by atoms with Crippen molar-refractivity contribution in [1.82, 2.24) is 49.8 Å². The molecule has 0 aromatic rings. The number of unbranched alkanes of at least 4 members (excludes halogenated alkanes) is 1. The van der Waals surface area contributed by atoms with Crippen molar-refractivity contribution in [3.05, 3.63) is 0 Å². The van der Waals surface area contributed by atoms with E-state index in [2.05, 4.69) is 10.6 Å². The second-order valence-corrected chi connectivity index (χ2v) is 16.3. The third kappa shape index (κ3) is 26.3. The minimum atomic E-state index is -1.04. The molecule has 24 heteroatoms. The van der Waals surface area contributed by atoms with Gasteiger partial charge in [0.15, 0.2) is 0 Å². The van der Waals surface area contributed by atoms with E-state index < -0.39 is 35.8 Å². The Morgan fingerprint density at radius 1 is 0.438 bits per heavy atom. The first-order valence-electron chi connectivity index (χ1n) is 21.9. The molecule has 1 unspecified atom stereocenters. The van der Waals surface area contributed by atoms with Crippen molar-refractivity contribution in [1.29, 1.82) is 0 Å². The molecule has 0 aromatic carbocycles. The summed E-state index contributed by atoms with van der Waals surface area (Å²) in [4.78, 5) is 111. The van der Waals surface area contributed by atoms with Crippen molar-refractivity contribution >= 4 is 47.6 Å². The lowest BCUT2D eigenvalue weighted by molar-refractivity contribution is -0.143. The van der Waals surface area contributed by atoms with Crippen LogP contribution in [0.2, 0.25) is 0 Å². The van der Waals surface area contributed by atoms with Crippen LogP contribution in [0.1, 0.15) is 32.6 Å². The van der Waals surface area contributed by atoms with E-state index in [0.717, 1.165) is 0 Å². The van der Waals surface area contributed by atoms with Gasteiger partial charge in [-0.05, 0) is 25.7 Å². The molecular formula is C40H72N10O14. The molecule has 2 aliphatic rings. The first kappa shape index (κ1) is 55.6. The summed E-state index contributed by atoms with van der Waals surface area (Å²) in [6.07, 6.45) is 2.64. The van der Waals surface area contributed by atoms with Crippen molar-refractivity contribution in [3.8, 4) is 0 Å². The number of rotatable bonds is 23. The predicted octanol–water partition coefficient (Wildman–Crippen LogP) is -3.79. The Labute approximate surface area is 375 Å². The summed E-state index contributed by atoms with van der Waals surface area (Å²) >= 11 is 0. The summed E-state index contributed by atoms with van der Waals surface area (Å²) in [7, 11) is 1.29. The number of amides is 2. The van der Waals surface area contributed by atoms with Crippen LogP contribution in [0.15, 0.2) is 0 Å². The Bertz CT molecular complexity index is 1460. The molecule has 2 saturated heterocycles. The van der Waals surface area contributed by atoms with Gasteiger partial charge in [-0.1, -0.05) is 6.92 Å². The fourth-order valence-electron chi connectivity index (χ4n) is 7.48. The van der Waals surface area contributed by atoms with Gasteiger partial charge in [0, 0.05) is 117 Å². The predicted molar refractivity (Wildman–Crippen MR) is 231 cm³/mol. The number of carbonyl (C=O) groups is 8. The number of carbonyl (C=O) groups excluding carboxylic acids is 3. The highest BCUT2D eigenvalue weighted by molar-refractivity contribution is 5.78. The van der Waals surface area contributed by atoms with Crippen molar-refractivity contribution in [2.45, 2.75) is 38.6 Å². The molecule has 2 fully saturated rings. The summed E-state index contributed by atoms with van der Waals surface area (Å²) in [6, 6.07) is -0.150. The van der Waals surface area contributed by atoms with E-state index in [1.54, 1.807) is 24.5 Å². The van der Waals surface area contributed by atoms with Crippen molar-refractivity contribution < 1.29 is 68.6 Å². The van der Waals surface area contributed by atoms with Gasteiger partial charge in [0.2, 0.25) is 11.8 Å². The van der Waals surface area contributed by atoms with Crippen LogP contribution in [0.5, 0.6) is 0 Å². The lowest BCUT2D eigenvalue weighted by Gasteiger charge is -2.33. The van der Waals surface area contributed by atoms with Gasteiger partial charge >= 0.3 is 35.8 Å². The van der Waals surface area contributed by atoms with Crippen LogP contribution in [-0.2, 0) is 43.1 Å². The molecule has 2 aliphatic heterocycles. The molecule has 0 aliphatic carbocycles. The van der Waals surface area contributed by atoms with E-state index in [9.17, 15) is 63.9 Å². The topological polar surface area (TPSA) is 297 Å². The molecule has 2 heterocycles. The van der Waals surface area contributed by atoms with Gasteiger partial charge in [0.05, 0.1) is 59.5 Å². The van der Waals surface area contributed by atoms with Crippen molar-refractivity contribution in [2.24, 2.45) is 0 Å². The molecule has 2 rings (SSSR count). The number of nitrogens with one attached hydrogen (secondary N) is 2. The Hall–Kier alpha value is -4.56. The van der Waals surface area contributed by atoms with E-state index in [-0.39, 0.29) is 96.4 Å². The maximum absolute atomic E-state index is 13.3. The van der Waals surface area contributed by atoms with Crippen LogP contribution >= 0.6 is 0 Å². The van der Waals surface area contributed by atoms with Crippen LogP contribution < -0.4 is 10.6 Å². The summed E-state index contributed by atoms with van der Waals surface area (Å²) in [5, 5.41) is 53.3. The van der Waals surface area contributed by atoms with Gasteiger partial charge in [0.1, 0.15) is 0 Å². The highest BCUT2D eigenvalue weighted by atomic mass is 16.5. The summed E-state index contributed by atoms with van der Waals surface area (Å²) < 4.78 is 4.86. The summed E-state index contributed by atoms with van der Waals surface area (Å²) in [5.41, 5.74) is 0. The number of hydrogen-bond acceptors (Lipinski definition) is 17. The zero-order chi connectivity index (χ0) is 47.4. The molecule has 7 N–H and O–H groups in total. The molecule has 64 heavy (non-hydrogen) atoms. The van der Waals surface area contributed by atoms with E-state index >= 15 is 0 Å². The Balaban J connectivity index is 1.95. The number of hydrogen-bond donors (Lipinski definition) is 7. The lowest BCUT2D eigenvalue weighted by atomic mass is 10.1. The standard InChI is InChI=1S/C40H72N10O14/c1-3-32(42-34(52)25-44-9-13-46(27-36(55)56)15-18-48(29-38(59)60)19-16-47(14-10-44)28-37(57)58)6-4-5-7-41-33(51)24-43-8-12-45(26-35(53)54)17-20-49(30-39(61)62)21-23-50(22-11-43)31-40(63)64-2/h32H,3-31H2,1-2H3,(H,41,51)(H,42,52)(H,53,54)(H,55,56)(H,57,58)(H,59,60)(H,61,62). The van der Waals surface area contributed by atoms with Crippen LogP contribution in [-0.4, -0.2) is 289 Å². The average Bonchev–Trinajstić information content (AvgIpc) is 3.21. The second-order valence-electron chi connectivity index (χ2n) is 16.3. The molecule has 24 nitrogen and oxygen atoms in total. The van der Waals surface area contributed by atoms with Gasteiger partial charge in [0.25, 0.3) is 0 Å². The zero-order valence-electron chi connectivity index (χ0n) is 37.6. The second kappa shape index (κ2) is 31.3. The van der Waals surface area contributed by atoms with Crippen molar-refractivity contribution in [3.63, 3.8) is 0 Å². The number of ether oxygens (including phenoxy) is 1. The monoisotopic (exact) mass is 917 g/mol. The van der Waals surface area contributed by atoms with Crippen LogP contribution in [0.3, 0.4) is 0 Å². The number of esters is 1. The summed E-state index contributed by atoms with van der Waals surface area (Å²) in [5.74, 6) is -6.05. The largest absolute Gasteiger partial charge is 0.480 e. The third-order valence-corrected chi connectivity index (χ3v) is 11.1.